The number of allylic oxidation sites excluding steroid dienone is 2. The first-order valence-electron chi connectivity index (χ1n) is 11.5. The number of hydrogen-bond acceptors (Lipinski definition) is 0. The van der Waals surface area contributed by atoms with Gasteiger partial charge in [-0.3, -0.25) is 0 Å². The molecule has 0 bridgehead atoms. The SMILES string of the molecule is CC1=Cc2c(C(C)C)cccc2[CH]1[Zr+2](=[C](C)C)[CH]1C(C)=Cc2c(C(C)C)cccc21.[Cl-].[Cl-]. The third-order valence-corrected chi connectivity index (χ3v) is 16.7. The molecule has 2 unspecified atom stereocenters. The van der Waals surface area contributed by atoms with Gasteiger partial charge in [-0.1, -0.05) is 0 Å². The molecule has 170 valence electrons. The molecule has 2 aliphatic carbocycles. The monoisotopic (exact) mass is 544 g/mol. The van der Waals surface area contributed by atoms with Crippen molar-refractivity contribution in [2.24, 2.45) is 0 Å². The molecule has 2 atom stereocenters. The number of hydrogen-bond donors (Lipinski definition) is 0. The Kier molecular flexibility index (Phi) is 9.17. The molecule has 4 rings (SSSR count). The second-order valence-corrected chi connectivity index (χ2v) is 17.6. The van der Waals surface area contributed by atoms with Crippen molar-refractivity contribution in [1.82, 2.24) is 0 Å². The summed E-state index contributed by atoms with van der Waals surface area (Å²) in [4.78, 5) is 0. The van der Waals surface area contributed by atoms with E-state index in [4.69, 9.17) is 0 Å². The van der Waals surface area contributed by atoms with Crippen molar-refractivity contribution in [3.63, 3.8) is 0 Å². The van der Waals surface area contributed by atoms with E-state index in [0.29, 0.717) is 19.1 Å². The van der Waals surface area contributed by atoms with Crippen LogP contribution in [0, 0.1) is 0 Å². The van der Waals surface area contributed by atoms with Crippen LogP contribution in [0.3, 0.4) is 0 Å². The summed E-state index contributed by atoms with van der Waals surface area (Å²) in [6.45, 7) is 19.0. The molecule has 0 radical (unpaired) electrons. The van der Waals surface area contributed by atoms with Gasteiger partial charge in [0.1, 0.15) is 0 Å². The van der Waals surface area contributed by atoms with Crippen molar-refractivity contribution in [3.8, 4) is 0 Å². The summed E-state index contributed by atoms with van der Waals surface area (Å²) in [5, 5.41) is 0. The van der Waals surface area contributed by atoms with Crippen LogP contribution in [-0.2, 0) is 21.3 Å². The Bertz CT molecular complexity index is 1020. The second-order valence-electron chi connectivity index (χ2n) is 10.1. The molecule has 0 spiro atoms. The first-order chi connectivity index (χ1) is 14.2. The van der Waals surface area contributed by atoms with Gasteiger partial charge in [0, 0.05) is 0 Å². The summed E-state index contributed by atoms with van der Waals surface area (Å²) < 4.78 is 3.06. The molecule has 0 amide bonds. The molecule has 3 heteroatoms. The fourth-order valence-electron chi connectivity index (χ4n) is 5.73. The first-order valence-corrected chi connectivity index (χ1v) is 15.6. The maximum atomic E-state index is 2.53. The summed E-state index contributed by atoms with van der Waals surface area (Å²) in [5.41, 5.74) is 12.6. The number of halogens is 2. The van der Waals surface area contributed by atoms with Crippen LogP contribution >= 0.6 is 0 Å². The van der Waals surface area contributed by atoms with Crippen LogP contribution in [0.1, 0.15) is 108 Å². The minimum absolute atomic E-state index is 0. The summed E-state index contributed by atoms with van der Waals surface area (Å²) in [5.74, 6) is 1.15. The minimum Gasteiger partial charge on any atom is -1.00 e. The molecule has 32 heavy (non-hydrogen) atoms. The molecule has 0 aromatic heterocycles. The van der Waals surface area contributed by atoms with Crippen molar-refractivity contribution in [2.45, 2.75) is 74.5 Å². The van der Waals surface area contributed by atoms with E-state index in [2.05, 4.69) is 104 Å². The van der Waals surface area contributed by atoms with E-state index in [1.807, 2.05) is 0 Å². The normalized spacial score (nSPS) is 18.2. The van der Waals surface area contributed by atoms with E-state index in [1.165, 1.54) is 22.3 Å². The van der Waals surface area contributed by atoms with E-state index >= 15 is 0 Å². The topological polar surface area (TPSA) is 0 Å². The Balaban J connectivity index is 0.00000181. The maximum Gasteiger partial charge on any atom is -1.00 e. The van der Waals surface area contributed by atoms with Gasteiger partial charge in [0.15, 0.2) is 0 Å². The summed E-state index contributed by atoms with van der Waals surface area (Å²) in [6, 6.07) is 14.2. The largest absolute Gasteiger partial charge is 1.00 e. The Labute approximate surface area is 215 Å². The Hall–Kier alpha value is -0.747. The van der Waals surface area contributed by atoms with Gasteiger partial charge in [0.25, 0.3) is 0 Å². The fourth-order valence-corrected chi connectivity index (χ4v) is 15.1. The fraction of sp³-hybridized carbons (Fsp3) is 0.414. The molecule has 2 aliphatic rings. The molecule has 0 nitrogen and oxygen atoms in total. The van der Waals surface area contributed by atoms with Gasteiger partial charge >= 0.3 is 192 Å². The van der Waals surface area contributed by atoms with Crippen LogP contribution in [0.5, 0.6) is 0 Å². The smallest absolute Gasteiger partial charge is 1.00 e. The zero-order valence-electron chi connectivity index (χ0n) is 20.7. The van der Waals surface area contributed by atoms with Crippen LogP contribution in [0.2, 0.25) is 0 Å². The van der Waals surface area contributed by atoms with Crippen molar-refractivity contribution in [3.05, 3.63) is 80.9 Å². The Morgan fingerprint density at radius 3 is 1.38 bits per heavy atom. The zero-order chi connectivity index (χ0) is 21.7. The third kappa shape index (κ3) is 4.60. The standard InChI is InChI=1S/2C13H15.C3H6.2ClH.Zr/c2*1-9(2)12-6-4-5-11-7-10(3)8-13(11)12;1-3-2;;;/h2*4-9H,1-3H3;1-2H3;2*1H;/q;;;;;+2/p-2. The molecule has 0 fully saturated rings. The molecule has 2 aromatic carbocycles. The molecule has 0 heterocycles. The summed E-state index contributed by atoms with van der Waals surface area (Å²) in [7, 11) is 0. The molecule has 0 aliphatic heterocycles. The molecule has 0 saturated heterocycles. The molecule has 2 aromatic rings. The van der Waals surface area contributed by atoms with Gasteiger partial charge in [-0.25, -0.2) is 0 Å². The Morgan fingerprint density at radius 2 is 1.06 bits per heavy atom. The van der Waals surface area contributed by atoms with E-state index < -0.39 is 21.3 Å². The van der Waals surface area contributed by atoms with Crippen molar-refractivity contribution in [2.75, 3.05) is 0 Å². The quantitative estimate of drug-likeness (QED) is 0.553. The van der Waals surface area contributed by atoms with Crippen LogP contribution in [0.25, 0.3) is 12.2 Å². The van der Waals surface area contributed by atoms with Gasteiger partial charge in [-0.2, -0.15) is 0 Å². The third-order valence-electron chi connectivity index (χ3n) is 7.07. The molecular formula is C29H36Cl2Zr. The van der Waals surface area contributed by atoms with Crippen molar-refractivity contribution in [1.29, 1.82) is 0 Å². The van der Waals surface area contributed by atoms with E-state index in [9.17, 15) is 0 Å². The predicted octanol–water partition coefficient (Wildman–Crippen LogP) is 2.39. The van der Waals surface area contributed by atoms with Crippen LogP contribution < -0.4 is 24.8 Å². The zero-order valence-corrected chi connectivity index (χ0v) is 24.7. The second kappa shape index (κ2) is 10.7. The first kappa shape index (κ1) is 27.5. The predicted molar refractivity (Wildman–Crippen MR) is 130 cm³/mol. The summed E-state index contributed by atoms with van der Waals surface area (Å²) >= 11 is -2.08. The van der Waals surface area contributed by atoms with Crippen molar-refractivity contribution >= 4 is 15.4 Å². The van der Waals surface area contributed by atoms with Crippen molar-refractivity contribution < 1.29 is 46.1 Å². The van der Waals surface area contributed by atoms with Gasteiger partial charge in [0.05, 0.1) is 0 Å². The Morgan fingerprint density at radius 1 is 0.688 bits per heavy atom. The van der Waals surface area contributed by atoms with Gasteiger partial charge < -0.3 is 24.8 Å². The van der Waals surface area contributed by atoms with Crippen LogP contribution in [-0.4, -0.2) is 3.21 Å². The van der Waals surface area contributed by atoms with Gasteiger partial charge in [-0.05, 0) is 0 Å². The molecular weight excluding hydrogens is 510 g/mol. The molecule has 0 N–H and O–H groups in total. The average molecular weight is 547 g/mol. The number of rotatable bonds is 4. The van der Waals surface area contributed by atoms with E-state index in [-0.39, 0.29) is 24.8 Å². The minimum atomic E-state index is -2.08. The maximum absolute atomic E-state index is 2.53. The van der Waals surface area contributed by atoms with E-state index in [0.717, 1.165) is 0 Å². The molecule has 0 saturated carbocycles. The van der Waals surface area contributed by atoms with Gasteiger partial charge in [0.2, 0.25) is 0 Å². The van der Waals surface area contributed by atoms with E-state index in [1.54, 1.807) is 25.5 Å². The van der Waals surface area contributed by atoms with Crippen LogP contribution in [0.4, 0.5) is 0 Å². The van der Waals surface area contributed by atoms with Crippen LogP contribution in [0.15, 0.2) is 47.5 Å². The number of fused-ring (bicyclic) bond motifs is 2. The van der Waals surface area contributed by atoms with Gasteiger partial charge in [-0.15, -0.1) is 0 Å². The summed E-state index contributed by atoms with van der Waals surface area (Å²) in [6.07, 6.45) is 5.05. The number of benzene rings is 2. The average Bonchev–Trinajstić information content (AvgIpc) is 3.18.